The van der Waals surface area contributed by atoms with E-state index in [2.05, 4.69) is 0 Å². The molecule has 2 aromatic rings. The van der Waals surface area contributed by atoms with Gasteiger partial charge in [0.2, 0.25) is 0 Å². The van der Waals surface area contributed by atoms with E-state index in [4.69, 9.17) is 39.5 Å². The Morgan fingerprint density at radius 1 is 1.05 bits per heavy atom. The highest BCUT2D eigenvalue weighted by molar-refractivity contribution is 6.38. The number of hydrogen-bond acceptors (Lipinski definition) is 2. The predicted octanol–water partition coefficient (Wildman–Crippen LogP) is 5.58. The second-order valence-electron chi connectivity index (χ2n) is 4.49. The maximum absolute atomic E-state index is 12.5. The number of benzene rings is 2. The first-order chi connectivity index (χ1) is 9.93. The van der Waals surface area contributed by atoms with Gasteiger partial charge >= 0.3 is 0 Å². The Morgan fingerprint density at radius 3 is 2.38 bits per heavy atom. The third kappa shape index (κ3) is 3.52. The molecule has 21 heavy (non-hydrogen) atoms. The third-order valence-corrected chi connectivity index (χ3v) is 4.02. The minimum absolute atomic E-state index is 0.230. The van der Waals surface area contributed by atoms with E-state index in [9.17, 15) is 4.79 Å². The molecule has 0 heterocycles. The molecule has 2 rings (SSSR count). The zero-order valence-electron chi connectivity index (χ0n) is 11.5. The van der Waals surface area contributed by atoms with Crippen molar-refractivity contribution in [2.75, 3.05) is 6.61 Å². The molecule has 0 saturated heterocycles. The molecule has 0 aliphatic rings. The molecule has 0 aliphatic carbocycles. The van der Waals surface area contributed by atoms with Crippen LogP contribution >= 0.6 is 34.8 Å². The average molecular weight is 344 g/mol. The molecule has 0 aliphatic heterocycles. The van der Waals surface area contributed by atoms with E-state index in [1.165, 1.54) is 6.07 Å². The quantitative estimate of drug-likeness (QED) is 0.677. The molecule has 0 N–H and O–H groups in total. The number of ether oxygens (including phenoxy) is 1. The van der Waals surface area contributed by atoms with Crippen LogP contribution in [0.5, 0.6) is 5.75 Å². The van der Waals surface area contributed by atoms with E-state index in [1.54, 1.807) is 24.3 Å². The van der Waals surface area contributed by atoms with Crippen molar-refractivity contribution in [2.45, 2.75) is 13.8 Å². The molecule has 0 spiro atoms. The van der Waals surface area contributed by atoms with Crippen molar-refractivity contribution in [3.8, 4) is 5.75 Å². The number of halogens is 3. The maximum atomic E-state index is 12.5. The molecule has 110 valence electrons. The smallest absolute Gasteiger partial charge is 0.194 e. The standard InChI is InChI=1S/C16H13Cl3O2/c1-3-21-15-8-13(18)11(7-14(15)19)16(20)10-5-4-9(2)12(17)6-10/h4-8H,3H2,1-2H3. The van der Waals surface area contributed by atoms with Gasteiger partial charge < -0.3 is 4.74 Å². The Kier molecular flexibility index (Phi) is 5.15. The summed E-state index contributed by atoms with van der Waals surface area (Å²) in [6, 6.07) is 8.20. The van der Waals surface area contributed by atoms with Crippen molar-refractivity contribution in [3.05, 3.63) is 62.1 Å². The zero-order chi connectivity index (χ0) is 15.6. The highest BCUT2D eigenvalue weighted by Crippen LogP contribution is 2.32. The van der Waals surface area contributed by atoms with E-state index in [0.29, 0.717) is 38.6 Å². The van der Waals surface area contributed by atoms with Crippen LogP contribution in [0.25, 0.3) is 0 Å². The second-order valence-corrected chi connectivity index (χ2v) is 5.71. The largest absolute Gasteiger partial charge is 0.492 e. The van der Waals surface area contributed by atoms with Crippen molar-refractivity contribution in [3.63, 3.8) is 0 Å². The van der Waals surface area contributed by atoms with Crippen molar-refractivity contribution in [2.24, 2.45) is 0 Å². The monoisotopic (exact) mass is 342 g/mol. The van der Waals surface area contributed by atoms with Crippen LogP contribution in [-0.4, -0.2) is 12.4 Å². The van der Waals surface area contributed by atoms with Crippen LogP contribution in [0.1, 0.15) is 28.4 Å². The number of ketones is 1. The fourth-order valence-corrected chi connectivity index (χ4v) is 2.50. The average Bonchev–Trinajstić information content (AvgIpc) is 2.45. The maximum Gasteiger partial charge on any atom is 0.194 e. The van der Waals surface area contributed by atoms with Crippen LogP contribution in [0, 0.1) is 6.92 Å². The lowest BCUT2D eigenvalue weighted by atomic mass is 10.0. The molecular weight excluding hydrogens is 331 g/mol. The van der Waals surface area contributed by atoms with Crippen molar-refractivity contribution >= 4 is 40.6 Å². The fraction of sp³-hybridized carbons (Fsp3) is 0.188. The van der Waals surface area contributed by atoms with Gasteiger partial charge in [0, 0.05) is 22.2 Å². The van der Waals surface area contributed by atoms with Crippen LogP contribution in [-0.2, 0) is 0 Å². The van der Waals surface area contributed by atoms with E-state index in [-0.39, 0.29) is 5.78 Å². The Balaban J connectivity index is 2.43. The topological polar surface area (TPSA) is 26.3 Å². The summed E-state index contributed by atoms with van der Waals surface area (Å²) >= 11 is 18.3. The van der Waals surface area contributed by atoms with Crippen molar-refractivity contribution < 1.29 is 9.53 Å². The van der Waals surface area contributed by atoms with Crippen LogP contribution in [0.2, 0.25) is 15.1 Å². The Bertz CT molecular complexity index is 696. The number of carbonyl (C=O) groups is 1. The first kappa shape index (κ1) is 16.2. The van der Waals surface area contributed by atoms with Gasteiger partial charge in [0.05, 0.1) is 16.7 Å². The first-order valence-electron chi connectivity index (χ1n) is 6.36. The summed E-state index contributed by atoms with van der Waals surface area (Å²) in [5.41, 5.74) is 1.70. The van der Waals surface area contributed by atoms with Gasteiger partial charge in [0.15, 0.2) is 5.78 Å². The lowest BCUT2D eigenvalue weighted by molar-refractivity contribution is 0.103. The number of rotatable bonds is 4. The fourth-order valence-electron chi connectivity index (χ4n) is 1.86. The van der Waals surface area contributed by atoms with Gasteiger partial charge in [-0.25, -0.2) is 0 Å². The van der Waals surface area contributed by atoms with Crippen molar-refractivity contribution in [1.82, 2.24) is 0 Å². The van der Waals surface area contributed by atoms with Gasteiger partial charge in [-0.1, -0.05) is 46.9 Å². The van der Waals surface area contributed by atoms with E-state index in [1.807, 2.05) is 13.8 Å². The normalized spacial score (nSPS) is 10.5. The number of hydrogen-bond donors (Lipinski definition) is 0. The van der Waals surface area contributed by atoms with Crippen LogP contribution < -0.4 is 4.74 Å². The van der Waals surface area contributed by atoms with Gasteiger partial charge in [-0.15, -0.1) is 0 Å². The van der Waals surface area contributed by atoms with Gasteiger partial charge in [-0.2, -0.15) is 0 Å². The summed E-state index contributed by atoms with van der Waals surface area (Å²) in [6.45, 7) is 4.19. The predicted molar refractivity (Wildman–Crippen MR) is 87.3 cm³/mol. The molecule has 0 atom stereocenters. The molecule has 2 nitrogen and oxygen atoms in total. The molecule has 0 fully saturated rings. The minimum atomic E-state index is -0.230. The second kappa shape index (κ2) is 6.69. The first-order valence-corrected chi connectivity index (χ1v) is 7.50. The molecule has 0 amide bonds. The van der Waals surface area contributed by atoms with E-state index in [0.717, 1.165) is 5.56 Å². The Hall–Kier alpha value is -1.22. The van der Waals surface area contributed by atoms with E-state index >= 15 is 0 Å². The summed E-state index contributed by atoms with van der Waals surface area (Å²) in [6.07, 6.45) is 0. The zero-order valence-corrected chi connectivity index (χ0v) is 13.8. The number of carbonyl (C=O) groups excluding carboxylic acids is 1. The minimum Gasteiger partial charge on any atom is -0.492 e. The highest BCUT2D eigenvalue weighted by atomic mass is 35.5. The molecule has 0 saturated carbocycles. The molecule has 0 aromatic heterocycles. The van der Waals surface area contributed by atoms with Crippen molar-refractivity contribution in [1.29, 1.82) is 0 Å². The molecule has 2 aromatic carbocycles. The third-order valence-electron chi connectivity index (χ3n) is 3.00. The summed E-state index contributed by atoms with van der Waals surface area (Å²) in [5.74, 6) is 0.231. The molecule has 0 bridgehead atoms. The van der Waals surface area contributed by atoms with Gasteiger partial charge in [0.25, 0.3) is 0 Å². The molecule has 5 heteroatoms. The Labute approximate surface area is 138 Å². The molecule has 0 unspecified atom stereocenters. The lowest BCUT2D eigenvalue weighted by Gasteiger charge is -2.10. The molecular formula is C16H13Cl3O2. The summed E-state index contributed by atoms with van der Waals surface area (Å²) < 4.78 is 5.34. The van der Waals surface area contributed by atoms with Crippen LogP contribution in [0.4, 0.5) is 0 Å². The molecule has 0 radical (unpaired) electrons. The van der Waals surface area contributed by atoms with Gasteiger partial charge in [0.1, 0.15) is 5.75 Å². The summed E-state index contributed by atoms with van der Waals surface area (Å²) in [4.78, 5) is 12.5. The Morgan fingerprint density at radius 2 is 1.76 bits per heavy atom. The summed E-state index contributed by atoms with van der Waals surface area (Å²) in [7, 11) is 0. The van der Waals surface area contributed by atoms with Crippen LogP contribution in [0.15, 0.2) is 30.3 Å². The highest BCUT2D eigenvalue weighted by Gasteiger charge is 2.17. The lowest BCUT2D eigenvalue weighted by Crippen LogP contribution is -2.03. The van der Waals surface area contributed by atoms with E-state index < -0.39 is 0 Å². The van der Waals surface area contributed by atoms with Crippen LogP contribution in [0.3, 0.4) is 0 Å². The van der Waals surface area contributed by atoms with Gasteiger partial charge in [-0.3, -0.25) is 4.79 Å². The SMILES string of the molecule is CCOc1cc(Cl)c(C(=O)c2ccc(C)c(Cl)c2)cc1Cl. The summed E-state index contributed by atoms with van der Waals surface area (Å²) in [5, 5.41) is 1.18. The number of aryl methyl sites for hydroxylation is 1. The van der Waals surface area contributed by atoms with Gasteiger partial charge in [-0.05, 0) is 31.5 Å².